The van der Waals surface area contributed by atoms with E-state index >= 15 is 0 Å². The predicted molar refractivity (Wildman–Crippen MR) is 190 cm³/mol. The molecule has 0 aromatic heterocycles. The van der Waals surface area contributed by atoms with Gasteiger partial charge in [0.05, 0.1) is 27.3 Å². The highest BCUT2D eigenvalue weighted by Crippen LogP contribution is 2.22. The molecule has 51 heavy (non-hydrogen) atoms. The van der Waals surface area contributed by atoms with Crippen LogP contribution in [0, 0.1) is 0 Å². The lowest BCUT2D eigenvalue weighted by molar-refractivity contribution is -0.129. The summed E-state index contributed by atoms with van der Waals surface area (Å²) in [6, 6.07) is 33.0. The van der Waals surface area contributed by atoms with Crippen molar-refractivity contribution in [1.82, 2.24) is 0 Å². The van der Waals surface area contributed by atoms with Crippen LogP contribution < -0.4 is 19.3 Å². The molecule has 0 saturated heterocycles. The van der Waals surface area contributed by atoms with Crippen LogP contribution in [-0.4, -0.2) is 70.8 Å². The molecule has 0 aliphatic rings. The lowest BCUT2D eigenvalue weighted by Crippen LogP contribution is -2.40. The van der Waals surface area contributed by atoms with Gasteiger partial charge in [0.15, 0.2) is 6.29 Å². The summed E-state index contributed by atoms with van der Waals surface area (Å²) < 4.78 is 32.2. The highest BCUT2D eigenvalue weighted by molar-refractivity contribution is 5.91. The molecule has 0 radical (unpaired) electrons. The highest BCUT2D eigenvalue weighted by Gasteiger charge is 2.23. The number of carbonyl (C=O) groups is 3. The number of benzene rings is 4. The lowest BCUT2D eigenvalue weighted by Gasteiger charge is -2.27. The van der Waals surface area contributed by atoms with E-state index in [0.29, 0.717) is 42.4 Å². The van der Waals surface area contributed by atoms with Crippen LogP contribution in [0.1, 0.15) is 25.0 Å². The van der Waals surface area contributed by atoms with Gasteiger partial charge in [0.2, 0.25) is 0 Å². The molecule has 0 saturated carbocycles. The van der Waals surface area contributed by atoms with Crippen LogP contribution in [-0.2, 0) is 42.4 Å². The Labute approximate surface area is 298 Å². The molecule has 2 amide bonds. The number of ether oxygens (including phenoxy) is 6. The van der Waals surface area contributed by atoms with Crippen molar-refractivity contribution >= 4 is 29.8 Å². The minimum Gasteiger partial charge on any atom is -2.00 e. The number of carbonyl (C=O) groups excluding carboxylic acids is 3. The third-order valence-corrected chi connectivity index (χ3v) is 6.91. The Kier molecular flexibility index (Phi) is 21.0. The minimum absolute atomic E-state index is 0. The Morgan fingerprint density at radius 1 is 0.627 bits per heavy atom. The first kappa shape index (κ1) is 43.6. The Balaban J connectivity index is 0.000000500. The van der Waals surface area contributed by atoms with Gasteiger partial charge in [0, 0.05) is 24.6 Å². The van der Waals surface area contributed by atoms with Crippen molar-refractivity contribution in [2.75, 3.05) is 50.3 Å². The maximum absolute atomic E-state index is 12.8. The van der Waals surface area contributed by atoms with Gasteiger partial charge >= 0.3 is 12.2 Å². The van der Waals surface area contributed by atoms with Gasteiger partial charge in [0.25, 0.3) is 0 Å². The van der Waals surface area contributed by atoms with Crippen molar-refractivity contribution in [3.05, 3.63) is 120 Å². The van der Waals surface area contributed by atoms with Gasteiger partial charge in [-0.15, -0.1) is 0 Å². The second-order valence-corrected chi connectivity index (χ2v) is 10.2. The van der Waals surface area contributed by atoms with Crippen LogP contribution in [0.4, 0.5) is 21.0 Å². The molecule has 1 N–H and O–H groups in total. The standard InChI is InChI=1S/C21H27NO5.C17H17NO4.H2O.O/c1-4-25-20(26-5-2)15-22(18-11-13-19(24-3)14-12-18)21(23)27-16-17-9-7-6-8-10-17;1-21-16-9-7-15(8-10-16)18(11-12-19)17(20)22-13-14-5-3-2-4-6-14;;/h6-14,20H,4-5,15-16H2,1-3H3;2-10,12H,11,13H2,1H3;1H2;/q;;;-2/p-1. The summed E-state index contributed by atoms with van der Waals surface area (Å²) in [5.41, 5.74) is 3.06. The molecular formula is C38H45N2O11-3. The molecule has 276 valence electrons. The molecule has 0 aliphatic carbocycles. The van der Waals surface area contributed by atoms with Crippen molar-refractivity contribution in [3.8, 4) is 11.5 Å². The molecule has 4 rings (SSSR count). The maximum Gasteiger partial charge on any atom is 0.415 e. The summed E-state index contributed by atoms with van der Waals surface area (Å²) in [5, 5.41) is 0. The van der Waals surface area contributed by atoms with Crippen molar-refractivity contribution in [1.29, 1.82) is 0 Å². The summed E-state index contributed by atoms with van der Waals surface area (Å²) >= 11 is 0. The van der Waals surface area contributed by atoms with Crippen molar-refractivity contribution < 1.29 is 53.8 Å². The molecule has 0 heterocycles. The molecule has 0 unspecified atom stereocenters. The van der Waals surface area contributed by atoms with E-state index in [9.17, 15) is 14.4 Å². The fourth-order valence-electron chi connectivity index (χ4n) is 4.44. The van der Waals surface area contributed by atoms with Gasteiger partial charge in [-0.05, 0) is 73.5 Å². The van der Waals surface area contributed by atoms with Crippen LogP contribution in [0.2, 0.25) is 0 Å². The number of rotatable bonds is 16. The molecule has 0 spiro atoms. The van der Waals surface area contributed by atoms with Crippen molar-refractivity contribution in [2.24, 2.45) is 0 Å². The van der Waals surface area contributed by atoms with E-state index in [4.69, 9.17) is 28.4 Å². The van der Waals surface area contributed by atoms with Crippen LogP contribution in [0.5, 0.6) is 11.5 Å². The number of hydrogen-bond donors (Lipinski definition) is 0. The monoisotopic (exact) mass is 705 g/mol. The van der Waals surface area contributed by atoms with E-state index in [2.05, 4.69) is 0 Å². The van der Waals surface area contributed by atoms with Crippen molar-refractivity contribution in [2.45, 2.75) is 33.4 Å². The molecule has 13 heteroatoms. The van der Waals surface area contributed by atoms with Crippen LogP contribution in [0.3, 0.4) is 0 Å². The zero-order chi connectivity index (χ0) is 35.3. The first-order chi connectivity index (χ1) is 23.9. The number of aldehydes is 1. The molecule has 0 aliphatic heterocycles. The Morgan fingerprint density at radius 2 is 1.02 bits per heavy atom. The van der Waals surface area contributed by atoms with Gasteiger partial charge in [-0.25, -0.2) is 9.59 Å². The zero-order valence-corrected chi connectivity index (χ0v) is 29.2. The second-order valence-electron chi connectivity index (χ2n) is 10.2. The lowest BCUT2D eigenvalue weighted by atomic mass is 10.2. The Morgan fingerprint density at radius 3 is 1.39 bits per heavy atom. The third-order valence-electron chi connectivity index (χ3n) is 6.91. The maximum atomic E-state index is 12.8. The molecule has 4 aromatic rings. The smallest absolute Gasteiger partial charge is 0.415 e. The fraction of sp³-hybridized carbons (Fsp3) is 0.289. The predicted octanol–water partition coefficient (Wildman–Crippen LogP) is 6.98. The van der Waals surface area contributed by atoms with E-state index in [-0.39, 0.29) is 37.3 Å². The Bertz CT molecular complexity index is 1520. The first-order valence-corrected chi connectivity index (χ1v) is 15.8. The number of hydrogen-bond acceptors (Lipinski definition) is 10. The van der Waals surface area contributed by atoms with Gasteiger partial charge in [-0.2, -0.15) is 0 Å². The van der Waals surface area contributed by atoms with Crippen LogP contribution in [0.15, 0.2) is 109 Å². The number of methoxy groups -OCH3 is 2. The third kappa shape index (κ3) is 14.9. The number of anilines is 2. The molecule has 4 aromatic carbocycles. The molecule has 0 bridgehead atoms. The zero-order valence-electron chi connectivity index (χ0n) is 29.2. The molecule has 13 nitrogen and oxygen atoms in total. The topological polar surface area (TPSA) is 172 Å². The fourth-order valence-corrected chi connectivity index (χ4v) is 4.44. The second kappa shape index (κ2) is 24.6. The van der Waals surface area contributed by atoms with Crippen molar-refractivity contribution in [3.63, 3.8) is 0 Å². The summed E-state index contributed by atoms with van der Waals surface area (Å²) in [4.78, 5) is 38.6. The van der Waals surface area contributed by atoms with E-state index in [1.165, 1.54) is 9.80 Å². The largest absolute Gasteiger partial charge is 2.00 e. The Hall–Kier alpha value is -5.47. The number of nitrogens with zero attached hydrogens (tertiary/aromatic N) is 2. The van der Waals surface area contributed by atoms with E-state index in [1.54, 1.807) is 62.8 Å². The van der Waals surface area contributed by atoms with Gasteiger partial charge < -0.3 is 44.2 Å². The van der Waals surface area contributed by atoms with Gasteiger partial charge in [0.1, 0.15) is 31.0 Å². The van der Waals surface area contributed by atoms with E-state index in [0.717, 1.165) is 11.1 Å². The summed E-state index contributed by atoms with van der Waals surface area (Å²) in [6.07, 6.45) is -0.908. The minimum atomic E-state index is -0.568. The normalized spacial score (nSPS) is 9.90. The average molecular weight is 706 g/mol. The SMILES string of the molecule is CCOC(CN(C(=O)OCc1ccccc1)c1ccc(OC)cc1)OCC.COc1ccc(N(CC=O)C(=O)OCc2ccccc2)cc1.[O-2].[OH-]. The molecule has 0 atom stereocenters. The summed E-state index contributed by atoms with van der Waals surface area (Å²) in [7, 11) is 3.16. The van der Waals surface area contributed by atoms with Gasteiger partial charge in [-0.3, -0.25) is 9.80 Å². The van der Waals surface area contributed by atoms with Crippen LogP contribution in [0.25, 0.3) is 0 Å². The molecular weight excluding hydrogens is 660 g/mol. The quantitative estimate of drug-likeness (QED) is 0.0875. The average Bonchev–Trinajstić information content (AvgIpc) is 3.15. The van der Waals surface area contributed by atoms with Gasteiger partial charge in [-0.1, -0.05) is 60.7 Å². The van der Waals surface area contributed by atoms with Crippen LogP contribution >= 0.6 is 0 Å². The first-order valence-electron chi connectivity index (χ1n) is 15.8. The number of amides is 2. The summed E-state index contributed by atoms with van der Waals surface area (Å²) in [5.74, 6) is 1.38. The summed E-state index contributed by atoms with van der Waals surface area (Å²) in [6.45, 7) is 5.25. The van der Waals surface area contributed by atoms with E-state index in [1.807, 2.05) is 74.5 Å². The highest BCUT2D eigenvalue weighted by atomic mass is 16.7. The van der Waals surface area contributed by atoms with E-state index < -0.39 is 18.5 Å². The molecule has 0 fully saturated rings.